The van der Waals surface area contributed by atoms with Crippen molar-refractivity contribution in [1.82, 2.24) is 0 Å². The molecule has 0 fully saturated rings. The number of unbranched alkanes of at least 4 members (excludes halogenated alkanes) is 4. The average molecular weight is 1840 g/mol. The van der Waals surface area contributed by atoms with E-state index in [1.54, 1.807) is 170 Å². The standard InChI is InChI=1S/C108H100N4O24/c1-5-9-33-129-93-69-37-71-43-78(98(114)110-90-54-82(102(119)120)50-86(58-90)106(126)134-62-66-27-19-14-20-28-66)45-73(94(71)130-34-10-6-2)39-75-47-80(100(116)112-92-56-84(104(123)124)52-88(60-92)108(128)136-64-68-31-23-16-24-32-68)48-76(96(75)132-36-12-8-4)40-74-46-79(99(115)111-91-55-83(103(121)122)51-87(59-91)107(127)135-63-67-29-21-15-22-30-67)44-72(95(74)131-35-11-7-3)38-70(93)42-77(41-69)97(113)109-89-53-81(101(117)118)49-85(57-89)105(125)133-61-65-25-17-13-18-26-65/h13-32,41-60H,5-12,33-40,61-64H2,1-4H3,(H,109,113)(H,110,114)(H,111,115)(H,112,116)(H,117,118)(H,119,120)(H,121,122)(H,123,124). The van der Waals surface area contributed by atoms with Crippen LogP contribution in [0.5, 0.6) is 23.0 Å². The SMILES string of the molecule is CCCCOc1c2cc(C(=O)Nc3cc(C(=O)O)cc(C(=O)OCc4ccccc4)c3)cc1Cc1cc(C(=O)Nc3cc(C(=O)O)cc(C(=O)OCc4ccccc4)c3)cc(c1OCCCC)Cc1cc(C(=O)Nc3cc(C(=O)O)cc(C(=O)OCc4ccccc4)c3)cc(c1OCCCC)Cc1cc(C(=O)Nc3cc(C(=O)O)cc(C(=O)OCc4ccccc4)c3)cc(c1OCCCC)C2. The number of amides is 4. The van der Waals surface area contributed by atoms with Crippen molar-refractivity contribution in [2.45, 2.75) is 131 Å². The number of nitrogens with one attached hydrogen (secondary N) is 4. The molecule has 136 heavy (non-hydrogen) atoms. The predicted octanol–water partition coefficient (Wildman–Crippen LogP) is 20.3. The molecule has 28 nitrogen and oxygen atoms in total. The van der Waals surface area contributed by atoms with Crippen LogP contribution in [-0.4, -0.2) is 118 Å². The second-order valence-corrected chi connectivity index (χ2v) is 32.5. The highest BCUT2D eigenvalue weighted by atomic mass is 16.5. The van der Waals surface area contributed by atoms with Crippen molar-refractivity contribution in [3.63, 3.8) is 0 Å². The number of carboxylic acids is 4. The van der Waals surface area contributed by atoms with Crippen LogP contribution in [0.2, 0.25) is 0 Å². The van der Waals surface area contributed by atoms with Gasteiger partial charge in [0.2, 0.25) is 0 Å². The highest BCUT2D eigenvalue weighted by Gasteiger charge is 2.31. The molecular formula is C108H100N4O24. The van der Waals surface area contributed by atoms with Crippen molar-refractivity contribution in [3.05, 3.63) is 376 Å². The van der Waals surface area contributed by atoms with Crippen LogP contribution in [-0.2, 0) is 71.1 Å². The summed E-state index contributed by atoms with van der Waals surface area (Å²) < 4.78 is 50.9. The van der Waals surface area contributed by atoms with Crippen molar-refractivity contribution in [1.29, 1.82) is 0 Å². The normalized spacial score (nSPS) is 11.3. The molecule has 28 heteroatoms. The van der Waals surface area contributed by atoms with Gasteiger partial charge in [0.05, 0.1) is 70.9 Å². The summed E-state index contributed by atoms with van der Waals surface area (Å²) in [5, 5.41) is 53.7. The fourth-order valence-electron chi connectivity index (χ4n) is 15.2. The summed E-state index contributed by atoms with van der Waals surface area (Å²) in [6.07, 6.45) is 3.17. The van der Waals surface area contributed by atoms with Gasteiger partial charge in [0.1, 0.15) is 49.4 Å². The molecule has 0 radical (unpaired) electrons. The minimum absolute atomic E-state index is 0.0570. The molecule has 12 aromatic rings. The van der Waals surface area contributed by atoms with Gasteiger partial charge in [0, 0.05) is 70.7 Å². The van der Waals surface area contributed by atoms with Crippen LogP contribution >= 0.6 is 0 Å². The van der Waals surface area contributed by atoms with Gasteiger partial charge in [-0.25, -0.2) is 38.4 Å². The van der Waals surface area contributed by atoms with E-state index in [1.165, 1.54) is 48.5 Å². The molecule has 0 aromatic heterocycles. The summed E-state index contributed by atoms with van der Waals surface area (Å²) in [6, 6.07) is 61.6. The molecule has 8 N–H and O–H groups in total. The van der Waals surface area contributed by atoms with E-state index in [4.69, 9.17) is 37.9 Å². The molecule has 8 bridgehead atoms. The molecule has 0 saturated carbocycles. The number of fused-ring (bicyclic) bond motifs is 8. The number of hydrogen-bond donors (Lipinski definition) is 8. The number of ether oxygens (including phenoxy) is 8. The van der Waals surface area contributed by atoms with E-state index in [0.717, 1.165) is 24.3 Å². The van der Waals surface area contributed by atoms with Gasteiger partial charge in [-0.05, 0) is 214 Å². The Labute approximate surface area is 783 Å². The number of carboxylic acid groups (broad SMARTS) is 4. The zero-order valence-electron chi connectivity index (χ0n) is 75.2. The molecule has 696 valence electrons. The maximum Gasteiger partial charge on any atom is 0.338 e. The van der Waals surface area contributed by atoms with Crippen molar-refractivity contribution >= 4 is 94.1 Å². The minimum Gasteiger partial charge on any atom is -0.493 e. The third kappa shape index (κ3) is 26.0. The highest BCUT2D eigenvalue weighted by Crippen LogP contribution is 2.43. The number of hydrogen-bond acceptors (Lipinski definition) is 20. The largest absolute Gasteiger partial charge is 0.493 e. The van der Waals surface area contributed by atoms with Crippen molar-refractivity contribution in [3.8, 4) is 23.0 Å². The number of anilines is 4. The first-order valence-corrected chi connectivity index (χ1v) is 44.5. The zero-order chi connectivity index (χ0) is 96.3. The smallest absolute Gasteiger partial charge is 0.338 e. The van der Waals surface area contributed by atoms with Gasteiger partial charge in [-0.15, -0.1) is 0 Å². The Balaban J connectivity index is 1.06. The lowest BCUT2D eigenvalue weighted by Gasteiger charge is -2.25. The van der Waals surface area contributed by atoms with Crippen LogP contribution in [0, 0.1) is 0 Å². The second-order valence-electron chi connectivity index (χ2n) is 32.5. The first kappa shape index (κ1) is 97.0. The van der Waals surface area contributed by atoms with E-state index in [0.29, 0.717) is 73.6 Å². The van der Waals surface area contributed by atoms with Crippen LogP contribution in [0.1, 0.15) is 270 Å². The lowest BCUT2D eigenvalue weighted by molar-refractivity contribution is 0.0463. The maximum absolute atomic E-state index is 15.9. The number of rotatable bonds is 40. The van der Waals surface area contributed by atoms with Crippen LogP contribution in [0.25, 0.3) is 0 Å². The van der Waals surface area contributed by atoms with Crippen LogP contribution < -0.4 is 40.2 Å². The summed E-state index contributed by atoms with van der Waals surface area (Å²) in [5.41, 5.74) is 1.24. The fourth-order valence-corrected chi connectivity index (χ4v) is 15.2. The number of benzene rings is 12. The molecule has 1 aliphatic carbocycles. The molecule has 0 aliphatic heterocycles. The number of esters is 4. The van der Waals surface area contributed by atoms with Crippen molar-refractivity contribution in [2.75, 3.05) is 47.7 Å². The highest BCUT2D eigenvalue weighted by molar-refractivity contribution is 6.10. The third-order valence-electron chi connectivity index (χ3n) is 22.1. The maximum atomic E-state index is 15.9. The van der Waals surface area contributed by atoms with E-state index < -0.39 is 71.4 Å². The molecule has 0 unspecified atom stereocenters. The fraction of sp³-hybridized carbons (Fsp3) is 0.222. The summed E-state index contributed by atoms with van der Waals surface area (Å²) >= 11 is 0. The second kappa shape index (κ2) is 46.5. The Hall–Kier alpha value is -16.5. The van der Waals surface area contributed by atoms with Crippen LogP contribution in [0.3, 0.4) is 0 Å². The van der Waals surface area contributed by atoms with Gasteiger partial charge in [0.15, 0.2) is 0 Å². The zero-order valence-corrected chi connectivity index (χ0v) is 75.2. The monoisotopic (exact) mass is 1840 g/mol. The summed E-state index contributed by atoms with van der Waals surface area (Å²) in [4.78, 5) is 172. The quantitative estimate of drug-likeness (QED) is 0.0100. The van der Waals surface area contributed by atoms with Gasteiger partial charge < -0.3 is 79.6 Å². The first-order chi connectivity index (χ1) is 65.8. The first-order valence-electron chi connectivity index (χ1n) is 44.5. The lowest BCUT2D eigenvalue weighted by Crippen LogP contribution is -2.18. The van der Waals surface area contributed by atoms with E-state index in [1.807, 2.05) is 27.7 Å². The van der Waals surface area contributed by atoms with Crippen molar-refractivity contribution < 1.29 is 116 Å². The van der Waals surface area contributed by atoms with Gasteiger partial charge in [-0.3, -0.25) is 19.2 Å². The molecule has 13 rings (SSSR count). The third-order valence-corrected chi connectivity index (χ3v) is 22.1. The molecule has 0 saturated heterocycles. The predicted molar refractivity (Wildman–Crippen MR) is 506 cm³/mol. The van der Waals surface area contributed by atoms with Crippen molar-refractivity contribution in [2.24, 2.45) is 0 Å². The summed E-state index contributed by atoms with van der Waals surface area (Å²) in [7, 11) is 0. The lowest BCUT2D eigenvalue weighted by atomic mass is 9.88. The van der Waals surface area contributed by atoms with Gasteiger partial charge >= 0.3 is 47.8 Å². The van der Waals surface area contributed by atoms with E-state index in [9.17, 15) is 58.8 Å². The Kier molecular flexibility index (Phi) is 33.2. The Morgan fingerprint density at radius 2 is 0.412 bits per heavy atom. The topological polar surface area (TPSA) is 408 Å². The van der Waals surface area contributed by atoms with Gasteiger partial charge in [-0.2, -0.15) is 0 Å². The number of carbonyl (C=O) groups is 12. The number of aromatic carboxylic acids is 4. The van der Waals surface area contributed by atoms with Crippen LogP contribution in [0.4, 0.5) is 22.7 Å². The average Bonchev–Trinajstić information content (AvgIpc) is 0.747. The molecular weight excluding hydrogens is 1740 g/mol. The Morgan fingerprint density at radius 1 is 0.235 bits per heavy atom. The Bertz CT molecular complexity index is 5630. The van der Waals surface area contributed by atoms with E-state index >= 15 is 19.2 Å². The van der Waals surface area contributed by atoms with Crippen LogP contribution in [0.15, 0.2) is 243 Å². The molecule has 0 atom stereocenters. The molecule has 4 amide bonds. The van der Waals surface area contributed by atoms with E-state index in [-0.39, 0.29) is 236 Å². The number of carbonyl (C=O) groups excluding carboxylic acids is 8. The van der Waals surface area contributed by atoms with Gasteiger partial charge in [-0.1, -0.05) is 175 Å². The molecule has 0 heterocycles. The molecule has 12 aromatic carbocycles. The van der Waals surface area contributed by atoms with E-state index in [2.05, 4.69) is 21.3 Å². The Morgan fingerprint density at radius 3 is 0.581 bits per heavy atom. The minimum atomic E-state index is -1.45. The summed E-state index contributed by atoms with van der Waals surface area (Å²) in [6.45, 7) is 7.31. The molecule has 1 aliphatic rings. The summed E-state index contributed by atoms with van der Waals surface area (Å²) in [5.74, 6) is -12.1. The van der Waals surface area contributed by atoms with Gasteiger partial charge in [0.25, 0.3) is 23.6 Å². The molecule has 0 spiro atoms.